The van der Waals surface area contributed by atoms with E-state index in [1.807, 2.05) is 87.6 Å². The van der Waals surface area contributed by atoms with Crippen LogP contribution in [0, 0.1) is 0 Å². The third kappa shape index (κ3) is 21.8. The van der Waals surface area contributed by atoms with E-state index in [2.05, 4.69) is 36.3 Å². The van der Waals surface area contributed by atoms with Crippen LogP contribution in [0.4, 0.5) is 4.79 Å². The van der Waals surface area contributed by atoms with Crippen LogP contribution in [0.5, 0.6) is 0 Å². The number of ketones is 2. The maximum Gasteiger partial charge on any atom is 0.407 e. The number of imidazole rings is 1. The first-order valence-electron chi connectivity index (χ1n) is 18.2. The molecule has 312 valence electrons. The van der Waals surface area contributed by atoms with E-state index in [4.69, 9.17) is 29.9 Å². The Morgan fingerprint density at radius 3 is 1.75 bits per heavy atom. The maximum atomic E-state index is 12.3. The van der Waals surface area contributed by atoms with Gasteiger partial charge in [-0.15, -0.1) is 0 Å². The monoisotopic (exact) mass is 785 g/mol. The Hall–Kier alpha value is -5.00. The third-order valence-electron chi connectivity index (χ3n) is 7.66. The van der Waals surface area contributed by atoms with Crippen molar-refractivity contribution in [2.24, 2.45) is 5.73 Å². The second-order valence-corrected chi connectivity index (χ2v) is 13.6. The van der Waals surface area contributed by atoms with Gasteiger partial charge in [0.05, 0.1) is 26.3 Å². The van der Waals surface area contributed by atoms with Crippen LogP contribution in [-0.4, -0.2) is 133 Å². The molecule has 56 heavy (non-hydrogen) atoms. The number of alkyl carbamates (subject to hydrolysis) is 1. The fraction of sp³-hybridized carbons (Fsp3) is 0.500. The number of likely N-dealkylation sites (tertiary alicyclic amines) is 2. The lowest BCUT2D eigenvalue weighted by Gasteiger charge is -2.38. The molecule has 0 spiro atoms. The Morgan fingerprint density at radius 1 is 0.911 bits per heavy atom. The number of nitrogens with one attached hydrogen (secondary N) is 1. The molecule has 2 aliphatic heterocycles. The molecule has 0 atom stereocenters. The van der Waals surface area contributed by atoms with Gasteiger partial charge in [0.15, 0.2) is 11.6 Å². The summed E-state index contributed by atoms with van der Waals surface area (Å²) in [6.07, 6.45) is 4.70. The van der Waals surface area contributed by atoms with Crippen LogP contribution in [0.1, 0.15) is 73.5 Å². The normalized spacial score (nSPS) is 13.6. The number of nitrogens with zero attached hydrogens (tertiary/aromatic N) is 4. The molecule has 16 nitrogen and oxygen atoms in total. The van der Waals surface area contributed by atoms with Crippen LogP contribution in [0.15, 0.2) is 73.1 Å². The molecular weight excluding hydrogens is 722 g/mol. The number of aromatic nitrogens is 2. The van der Waals surface area contributed by atoms with Crippen molar-refractivity contribution in [3.63, 3.8) is 0 Å². The molecule has 0 saturated carbocycles. The number of aliphatic carboxylic acids is 1. The number of carboxylic acid groups (broad SMARTS) is 1. The molecule has 2 aromatic carbocycles. The van der Waals surface area contributed by atoms with Gasteiger partial charge in [-0.05, 0) is 33.7 Å². The van der Waals surface area contributed by atoms with E-state index >= 15 is 0 Å². The van der Waals surface area contributed by atoms with Gasteiger partial charge in [0.25, 0.3) is 12.4 Å². The zero-order chi connectivity index (χ0) is 41.2. The number of hydrogen-bond acceptors (Lipinski definition) is 13. The lowest BCUT2D eigenvalue weighted by molar-refractivity contribution is -0.134. The minimum absolute atomic E-state index is 0. The summed E-state index contributed by atoms with van der Waals surface area (Å²) in [6, 6.07) is 18.8. The number of carbonyl (C=O) groups excluding carboxylic acids is 4. The number of rotatable bonds is 13. The van der Waals surface area contributed by atoms with Crippen LogP contribution >= 0.6 is 0 Å². The number of carbonyl (C=O) groups is 5. The molecule has 0 radical (unpaired) electrons. The second kappa shape index (κ2) is 28.4. The summed E-state index contributed by atoms with van der Waals surface area (Å²) < 4.78 is 16.3. The summed E-state index contributed by atoms with van der Waals surface area (Å²) in [5, 5.41) is 10.2. The largest absolute Gasteiger partial charge is 0.481 e. The van der Waals surface area contributed by atoms with Crippen molar-refractivity contribution in [3.05, 3.63) is 90.0 Å². The zero-order valence-electron chi connectivity index (χ0n) is 34.0. The first-order chi connectivity index (χ1) is 26.2. The Morgan fingerprint density at radius 2 is 1.36 bits per heavy atom. The second-order valence-electron chi connectivity index (χ2n) is 13.6. The lowest BCUT2D eigenvalue weighted by atomic mass is 9.98. The summed E-state index contributed by atoms with van der Waals surface area (Å²) in [4.78, 5) is 62.5. The fourth-order valence-electron chi connectivity index (χ4n) is 4.96. The molecule has 3 aromatic rings. The van der Waals surface area contributed by atoms with E-state index in [0.717, 1.165) is 63.0 Å². The fourth-order valence-corrected chi connectivity index (χ4v) is 4.96. The summed E-state index contributed by atoms with van der Waals surface area (Å²) in [7, 11) is 3.02. The van der Waals surface area contributed by atoms with Crippen LogP contribution in [0.3, 0.4) is 0 Å². The van der Waals surface area contributed by atoms with Gasteiger partial charge in [0.2, 0.25) is 0 Å². The number of nitrogens with two attached hydrogens (primary N) is 1. The highest BCUT2D eigenvalue weighted by atomic mass is 16.6. The third-order valence-corrected chi connectivity index (χ3v) is 7.66. The highest BCUT2D eigenvalue weighted by Crippen LogP contribution is 2.26. The van der Waals surface area contributed by atoms with Crippen molar-refractivity contribution < 1.29 is 43.3 Å². The number of methoxy groups -OCH3 is 2. The average Bonchev–Trinajstić information content (AvgIpc) is 3.58. The first kappa shape index (κ1) is 51.0. The van der Waals surface area contributed by atoms with Gasteiger partial charge in [0.1, 0.15) is 11.4 Å². The first-order valence-corrected chi connectivity index (χ1v) is 18.2. The minimum Gasteiger partial charge on any atom is -0.481 e. The Labute approximate surface area is 331 Å². The predicted molar refractivity (Wildman–Crippen MR) is 215 cm³/mol. The van der Waals surface area contributed by atoms with Gasteiger partial charge in [-0.1, -0.05) is 67.6 Å². The highest BCUT2D eigenvalue weighted by molar-refractivity contribution is 5.98. The van der Waals surface area contributed by atoms with E-state index in [1.165, 1.54) is 7.11 Å². The van der Waals surface area contributed by atoms with Crippen molar-refractivity contribution >= 4 is 30.1 Å². The van der Waals surface area contributed by atoms with E-state index in [1.54, 1.807) is 13.3 Å². The van der Waals surface area contributed by atoms with Crippen molar-refractivity contribution in [2.45, 2.75) is 65.2 Å². The summed E-state index contributed by atoms with van der Waals surface area (Å²) >= 11 is 0. The van der Waals surface area contributed by atoms with Crippen LogP contribution in [-0.2, 0) is 30.3 Å². The standard InChI is InChI=1S/C21H28N4O3.C12H15NO2.C3H9N.2C2H4O2.H3N/c1-21(2,3)28-20(27)23-10-12-25-11-9-22-19(25)17-13-24(14-17)15-18(26)16-7-5-4-6-8-16;1-15-11-7-13(8-11)9-12(14)10-5-3-2-4-6-10;1-2-3-4;1-4-2-3;1-2(3)4;/h4-9,11,17H,10,12-15H2,1-3H3,(H,23,27);2-6,11H,7-9H2,1H3;2-4H2,1H3;2H,1H3;1H3,(H,3,4);1H3. The topological polar surface area (TPSA) is 231 Å². The number of benzene rings is 2. The maximum absolute atomic E-state index is 12.3. The molecule has 16 heteroatoms. The van der Waals surface area contributed by atoms with Crippen molar-refractivity contribution in [1.82, 2.24) is 30.8 Å². The van der Waals surface area contributed by atoms with E-state index in [9.17, 15) is 14.4 Å². The lowest BCUT2D eigenvalue weighted by Crippen LogP contribution is -2.53. The van der Waals surface area contributed by atoms with Gasteiger partial charge in [0, 0.05) is 82.7 Å². The zero-order valence-corrected chi connectivity index (χ0v) is 34.0. The number of ether oxygens (including phenoxy) is 3. The van der Waals surface area contributed by atoms with Crippen molar-refractivity contribution in [2.75, 3.05) is 66.6 Å². The number of amides is 1. The van der Waals surface area contributed by atoms with Crippen molar-refractivity contribution in [3.8, 4) is 0 Å². The molecule has 0 bridgehead atoms. The molecule has 2 aliphatic rings. The average molecular weight is 786 g/mol. The quantitative estimate of drug-likeness (QED) is 0.140. The smallest absolute Gasteiger partial charge is 0.407 e. The molecule has 0 unspecified atom stereocenters. The van der Waals surface area contributed by atoms with Gasteiger partial charge in [-0.25, -0.2) is 9.78 Å². The molecule has 5 rings (SSSR count). The molecule has 2 fully saturated rings. The van der Waals surface area contributed by atoms with Crippen LogP contribution in [0.25, 0.3) is 0 Å². The Kier molecular flexibility index (Phi) is 25.9. The number of hydrogen-bond donors (Lipinski definition) is 4. The molecule has 1 amide bonds. The summed E-state index contributed by atoms with van der Waals surface area (Å²) in [5.74, 6) is 0.795. The molecule has 7 N–H and O–H groups in total. The van der Waals surface area contributed by atoms with E-state index in [-0.39, 0.29) is 17.7 Å². The molecule has 3 heterocycles. The van der Waals surface area contributed by atoms with Gasteiger partial charge >= 0.3 is 6.09 Å². The molecule has 1 aromatic heterocycles. The van der Waals surface area contributed by atoms with Crippen LogP contribution in [0.2, 0.25) is 0 Å². The summed E-state index contributed by atoms with van der Waals surface area (Å²) in [6.45, 7) is 15.3. The predicted octanol–water partition coefficient (Wildman–Crippen LogP) is 4.29. The number of Topliss-reactive ketones (excluding diaryl/α,β-unsaturated/α-hetero) is 2. The molecule has 2 saturated heterocycles. The van der Waals surface area contributed by atoms with Gasteiger partial charge in [-0.3, -0.25) is 29.0 Å². The Bertz CT molecular complexity index is 1530. The summed E-state index contributed by atoms with van der Waals surface area (Å²) in [5.41, 5.74) is 6.07. The Balaban J connectivity index is 0.000000899. The van der Waals surface area contributed by atoms with Crippen molar-refractivity contribution in [1.29, 1.82) is 0 Å². The minimum atomic E-state index is -0.833. The molecular formula is C40H63N7O9. The van der Waals surface area contributed by atoms with Gasteiger partial charge in [-0.2, -0.15) is 0 Å². The van der Waals surface area contributed by atoms with E-state index in [0.29, 0.717) is 44.7 Å². The van der Waals surface area contributed by atoms with E-state index < -0.39 is 17.7 Å². The molecule has 0 aliphatic carbocycles. The van der Waals surface area contributed by atoms with Crippen LogP contribution < -0.4 is 17.2 Å². The number of carboxylic acids is 1. The van der Waals surface area contributed by atoms with Gasteiger partial charge < -0.3 is 41.1 Å². The SMILES string of the molecule is CC(=O)O.CC(C)(C)OC(=O)NCCn1ccnc1C1CN(CC(=O)c2ccccc2)C1.CCCN.COC1CN(CC(=O)c2ccccc2)C1.COC=O.N. The highest BCUT2D eigenvalue weighted by Gasteiger charge is 2.32.